The molecule has 0 saturated carbocycles. The maximum Gasteiger partial charge on any atom is 0.308 e. The number of rotatable bonds is 6. The lowest BCUT2D eigenvalue weighted by atomic mass is 9.85. The Morgan fingerprint density at radius 3 is 1.87 bits per heavy atom. The lowest BCUT2D eigenvalue weighted by molar-refractivity contribution is -0.144. The van der Waals surface area contributed by atoms with Gasteiger partial charge in [-0.1, -0.05) is 11.6 Å². The minimum Gasteiger partial charge on any atom is -0.457 e. The zero-order valence-electron chi connectivity index (χ0n) is 17.4. The van der Waals surface area contributed by atoms with Crippen molar-refractivity contribution in [2.45, 2.75) is 47.1 Å². The molecule has 8 heteroatoms. The van der Waals surface area contributed by atoms with Crippen LogP contribution in [0, 0.1) is 0 Å². The molecule has 0 heterocycles. The van der Waals surface area contributed by atoms with Crippen molar-refractivity contribution in [1.29, 1.82) is 0 Å². The number of ketones is 2. The average molecular weight is 414 g/mol. The number of benzene rings is 1. The zero-order valence-corrected chi connectivity index (χ0v) is 17.4. The van der Waals surface area contributed by atoms with Gasteiger partial charge in [-0.25, -0.2) is 0 Å². The van der Waals surface area contributed by atoms with Gasteiger partial charge >= 0.3 is 17.9 Å². The van der Waals surface area contributed by atoms with E-state index >= 15 is 0 Å². The number of carbonyl (C=O) groups is 5. The number of esters is 3. The van der Waals surface area contributed by atoms with Crippen LogP contribution < -0.4 is 9.47 Å². The molecular weight excluding hydrogens is 392 g/mol. The smallest absolute Gasteiger partial charge is 0.308 e. The van der Waals surface area contributed by atoms with Gasteiger partial charge < -0.3 is 14.2 Å². The normalized spacial score (nSPS) is 13.6. The maximum atomic E-state index is 13.3. The van der Waals surface area contributed by atoms with Gasteiger partial charge in [0.1, 0.15) is 17.6 Å². The molecule has 0 aliphatic heterocycles. The van der Waals surface area contributed by atoms with Crippen LogP contribution in [0.4, 0.5) is 0 Å². The first kappa shape index (κ1) is 22.7. The molecule has 0 amide bonds. The summed E-state index contributed by atoms with van der Waals surface area (Å²) in [6.45, 7) is 7.18. The number of hydrogen-bond acceptors (Lipinski definition) is 8. The van der Waals surface area contributed by atoms with Gasteiger partial charge in [-0.05, 0) is 32.1 Å². The maximum absolute atomic E-state index is 13.3. The quantitative estimate of drug-likeness (QED) is 0.396. The molecule has 1 aromatic rings. The second-order valence-corrected chi connectivity index (χ2v) is 6.91. The summed E-state index contributed by atoms with van der Waals surface area (Å²) < 4.78 is 15.4. The fourth-order valence-corrected chi connectivity index (χ4v) is 2.96. The van der Waals surface area contributed by atoms with Gasteiger partial charge in [-0.2, -0.15) is 0 Å². The summed E-state index contributed by atoms with van der Waals surface area (Å²) in [6.07, 6.45) is 1.99. The van der Waals surface area contributed by atoms with E-state index in [-0.39, 0.29) is 34.6 Å². The van der Waals surface area contributed by atoms with Crippen molar-refractivity contribution in [2.75, 3.05) is 0 Å². The average Bonchev–Trinajstić information content (AvgIpc) is 2.61. The largest absolute Gasteiger partial charge is 0.457 e. The lowest BCUT2D eigenvalue weighted by Gasteiger charge is -2.24. The fraction of sp³-hybridized carbons (Fsp3) is 0.318. The van der Waals surface area contributed by atoms with Crippen molar-refractivity contribution in [3.63, 3.8) is 0 Å². The minimum atomic E-state index is -1.01. The van der Waals surface area contributed by atoms with E-state index in [1.165, 1.54) is 19.1 Å². The molecule has 2 rings (SSSR count). The van der Waals surface area contributed by atoms with Gasteiger partial charge in [0.05, 0.1) is 11.1 Å². The Labute approximate surface area is 173 Å². The predicted octanol–water partition coefficient (Wildman–Crippen LogP) is 3.13. The summed E-state index contributed by atoms with van der Waals surface area (Å²) in [5, 5.41) is 0. The monoisotopic (exact) mass is 414 g/mol. The first-order chi connectivity index (χ1) is 14.0. The summed E-state index contributed by atoms with van der Waals surface area (Å²) in [4.78, 5) is 60.7. The molecule has 158 valence electrons. The molecule has 8 nitrogen and oxygen atoms in total. The Bertz CT molecular complexity index is 993. The number of hydrogen-bond donors (Lipinski definition) is 0. The van der Waals surface area contributed by atoms with Gasteiger partial charge in [0.15, 0.2) is 11.6 Å². The first-order valence-electron chi connectivity index (χ1n) is 9.16. The van der Waals surface area contributed by atoms with Gasteiger partial charge in [0, 0.05) is 32.8 Å². The molecule has 1 aromatic carbocycles. The number of Topliss-reactive ketones (excluding diaryl/α,β-unsaturated/α-hetero) is 1. The van der Waals surface area contributed by atoms with Gasteiger partial charge in [0.2, 0.25) is 0 Å². The molecule has 0 bridgehead atoms. The van der Waals surface area contributed by atoms with E-state index in [0.29, 0.717) is 0 Å². The molecule has 0 radical (unpaired) electrons. The van der Waals surface area contributed by atoms with Gasteiger partial charge in [-0.3, -0.25) is 24.0 Å². The molecular formula is C22H22O8. The Hall–Kier alpha value is -3.55. The second kappa shape index (κ2) is 9.30. The van der Waals surface area contributed by atoms with Crippen LogP contribution in [-0.4, -0.2) is 35.6 Å². The molecule has 1 unspecified atom stereocenters. The summed E-state index contributed by atoms with van der Waals surface area (Å²) >= 11 is 0. The van der Waals surface area contributed by atoms with Crippen molar-refractivity contribution in [3.05, 3.63) is 46.6 Å². The van der Waals surface area contributed by atoms with E-state index in [1.807, 2.05) is 13.8 Å². The predicted molar refractivity (Wildman–Crippen MR) is 105 cm³/mol. The summed E-state index contributed by atoms with van der Waals surface area (Å²) in [5.41, 5.74) is 0.455. The third kappa shape index (κ3) is 5.28. The van der Waals surface area contributed by atoms with Crippen molar-refractivity contribution in [2.24, 2.45) is 0 Å². The van der Waals surface area contributed by atoms with Crippen LogP contribution in [0.15, 0.2) is 35.4 Å². The van der Waals surface area contributed by atoms with Crippen LogP contribution in [0.2, 0.25) is 0 Å². The second-order valence-electron chi connectivity index (χ2n) is 6.91. The lowest BCUT2D eigenvalue weighted by Crippen LogP contribution is -2.29. The molecule has 0 saturated heterocycles. The Kier molecular flexibility index (Phi) is 7.05. The third-order valence-corrected chi connectivity index (χ3v) is 4.05. The third-order valence-electron chi connectivity index (χ3n) is 4.05. The number of allylic oxidation sites excluding steroid dienone is 2. The van der Waals surface area contributed by atoms with E-state index in [4.69, 9.17) is 14.2 Å². The highest BCUT2D eigenvalue weighted by Gasteiger charge is 2.36. The molecule has 1 aliphatic rings. The van der Waals surface area contributed by atoms with Crippen LogP contribution in [-0.2, 0) is 19.1 Å². The van der Waals surface area contributed by atoms with Crippen molar-refractivity contribution >= 4 is 29.5 Å². The highest BCUT2D eigenvalue weighted by atomic mass is 16.5. The van der Waals surface area contributed by atoms with Crippen LogP contribution >= 0.6 is 0 Å². The van der Waals surface area contributed by atoms with Gasteiger partial charge in [-0.15, -0.1) is 0 Å². The molecule has 1 atom stereocenters. The summed E-state index contributed by atoms with van der Waals surface area (Å²) in [7, 11) is 0. The van der Waals surface area contributed by atoms with E-state index in [0.717, 1.165) is 25.5 Å². The summed E-state index contributed by atoms with van der Waals surface area (Å²) in [6, 6.07) is 2.54. The fourth-order valence-electron chi connectivity index (χ4n) is 2.96. The minimum absolute atomic E-state index is 0.0615. The Balaban J connectivity index is 2.65. The van der Waals surface area contributed by atoms with Crippen molar-refractivity contribution in [3.8, 4) is 11.5 Å². The molecule has 30 heavy (non-hydrogen) atoms. The highest BCUT2D eigenvalue weighted by molar-refractivity contribution is 6.27. The zero-order chi connectivity index (χ0) is 22.6. The summed E-state index contributed by atoms with van der Waals surface area (Å²) in [5.74, 6) is -3.59. The Morgan fingerprint density at radius 1 is 0.867 bits per heavy atom. The topological polar surface area (TPSA) is 113 Å². The van der Waals surface area contributed by atoms with E-state index in [2.05, 4.69) is 0 Å². The van der Waals surface area contributed by atoms with E-state index in [1.54, 1.807) is 6.08 Å². The number of ether oxygens (including phenoxy) is 3. The standard InChI is InChI=1S/C22H22O8/c1-11(2)6-7-17(28-12(3)23)15-10-16(26)20-18(29-13(4)24)8-9-19(30-14(5)25)21(20)22(15)27/h6,8-10,17H,7H2,1-5H3. The molecule has 0 fully saturated rings. The van der Waals surface area contributed by atoms with Crippen molar-refractivity contribution in [1.82, 2.24) is 0 Å². The molecule has 0 N–H and O–H groups in total. The van der Waals surface area contributed by atoms with Gasteiger partial charge in [0.25, 0.3) is 0 Å². The van der Waals surface area contributed by atoms with Crippen LogP contribution in [0.25, 0.3) is 0 Å². The number of fused-ring (bicyclic) bond motifs is 1. The highest BCUT2D eigenvalue weighted by Crippen LogP contribution is 2.38. The molecule has 0 aromatic heterocycles. The molecule has 0 spiro atoms. The number of carbonyl (C=O) groups excluding carboxylic acids is 5. The first-order valence-corrected chi connectivity index (χ1v) is 9.16. The van der Waals surface area contributed by atoms with E-state index < -0.39 is 35.6 Å². The van der Waals surface area contributed by atoms with E-state index in [9.17, 15) is 24.0 Å². The van der Waals surface area contributed by atoms with Crippen LogP contribution in [0.5, 0.6) is 11.5 Å². The van der Waals surface area contributed by atoms with Crippen molar-refractivity contribution < 1.29 is 38.2 Å². The van der Waals surface area contributed by atoms with Crippen LogP contribution in [0.3, 0.4) is 0 Å². The molecule has 1 aliphatic carbocycles. The Morgan fingerprint density at radius 2 is 1.40 bits per heavy atom. The SMILES string of the molecule is CC(=O)Oc1ccc(OC(C)=O)c2c1C(=O)C=C(C(CC=C(C)C)OC(C)=O)C2=O. The van der Waals surface area contributed by atoms with Crippen LogP contribution in [0.1, 0.15) is 61.8 Å².